The Balaban J connectivity index is 1.15. The van der Waals surface area contributed by atoms with E-state index in [0.29, 0.717) is 61.2 Å². The monoisotopic (exact) mass is 1060 g/mol. The molecule has 12 heteroatoms. The summed E-state index contributed by atoms with van der Waals surface area (Å²) in [6, 6.07) is 13.9. The third kappa shape index (κ3) is 30.9. The lowest BCUT2D eigenvalue weighted by Crippen LogP contribution is -2.12. The fraction of sp³-hybridized carbons (Fsp3) is 0.594. The molecule has 0 bridgehead atoms. The molecule has 0 atom stereocenters. The average Bonchev–Trinajstić information content (AvgIpc) is 3.41. The first-order valence-corrected chi connectivity index (χ1v) is 29.0. The summed E-state index contributed by atoms with van der Waals surface area (Å²) in [5, 5.41) is 0. The smallest absolute Gasteiger partial charge is 0.343 e. The van der Waals surface area contributed by atoms with Gasteiger partial charge < -0.3 is 28.4 Å². The first-order chi connectivity index (χ1) is 36.9. The first kappa shape index (κ1) is 64.8. The van der Waals surface area contributed by atoms with Gasteiger partial charge in [0.25, 0.3) is 0 Å². The number of esters is 4. The van der Waals surface area contributed by atoms with Gasteiger partial charge in [0.05, 0.1) is 37.6 Å². The predicted octanol–water partition coefficient (Wildman–Crippen LogP) is 17.9. The Kier molecular flexibility index (Phi) is 35.5. The SMILES string of the molecule is C=C(C)C(=O)OCCCCCCCCCCCCCCCCCCOc1ccc(C(=O)Oc2cc(F)c(OC(=O)c3ccc(OCCCCCCCCCCCCCCCCCCOC(=O)C(=C)C)cc3)cc2F)cc1. The van der Waals surface area contributed by atoms with Gasteiger partial charge >= 0.3 is 23.9 Å². The zero-order chi connectivity index (χ0) is 54.9. The van der Waals surface area contributed by atoms with Crippen LogP contribution in [0, 0.1) is 11.6 Å². The van der Waals surface area contributed by atoms with E-state index in [2.05, 4.69) is 13.2 Å². The molecule has 0 aliphatic rings. The third-order valence-corrected chi connectivity index (χ3v) is 13.3. The largest absolute Gasteiger partial charge is 0.494 e. The van der Waals surface area contributed by atoms with Crippen LogP contribution < -0.4 is 18.9 Å². The second-order valence-corrected chi connectivity index (χ2v) is 20.4. The number of carbonyl (C=O) groups excluding carboxylic acids is 4. The summed E-state index contributed by atoms with van der Waals surface area (Å²) >= 11 is 0. The van der Waals surface area contributed by atoms with Crippen LogP contribution in [0.2, 0.25) is 0 Å². The van der Waals surface area contributed by atoms with E-state index in [0.717, 1.165) is 51.4 Å². The lowest BCUT2D eigenvalue weighted by atomic mass is 10.0. The van der Waals surface area contributed by atoms with Gasteiger partial charge in [-0.15, -0.1) is 0 Å². The highest BCUT2D eigenvalue weighted by Gasteiger charge is 2.20. The van der Waals surface area contributed by atoms with Crippen LogP contribution >= 0.6 is 0 Å². The van der Waals surface area contributed by atoms with Crippen molar-refractivity contribution in [2.45, 2.75) is 219 Å². The highest BCUT2D eigenvalue weighted by Crippen LogP contribution is 2.29. The Hall–Kier alpha value is -5.52. The Morgan fingerprint density at radius 3 is 0.816 bits per heavy atom. The lowest BCUT2D eigenvalue weighted by molar-refractivity contribution is -0.139. The molecule has 3 aromatic carbocycles. The molecule has 0 heterocycles. The number of ether oxygens (including phenoxy) is 6. The fourth-order valence-corrected chi connectivity index (χ4v) is 8.67. The van der Waals surface area contributed by atoms with Crippen LogP contribution in [0.5, 0.6) is 23.0 Å². The van der Waals surface area contributed by atoms with Crippen molar-refractivity contribution in [1.29, 1.82) is 0 Å². The molecular formula is C64H92F2O10. The van der Waals surface area contributed by atoms with Gasteiger partial charge in [0.2, 0.25) is 0 Å². The van der Waals surface area contributed by atoms with Crippen molar-refractivity contribution < 1.29 is 56.4 Å². The molecule has 0 saturated carbocycles. The molecule has 3 rings (SSSR count). The van der Waals surface area contributed by atoms with Gasteiger partial charge in [-0.05, 0) is 88.1 Å². The Bertz CT molecular complexity index is 1950. The standard InChI is InChI=1S/C64H92F2O10/c1-51(2)61(67)73-47-35-31-27-23-19-15-11-7-5-9-13-17-21-25-29-33-45-71-55-41-37-53(38-42-55)63(69)75-59-49-58(66)60(50-57(59)65)76-64(70)54-39-43-56(44-40-54)72-46-34-30-26-22-18-14-10-6-8-12-16-20-24-28-32-36-48-74-62(68)52(3)4/h37-44,49-50H,1,3,5-36,45-48H2,2,4H3. The van der Waals surface area contributed by atoms with Crippen LogP contribution in [0.4, 0.5) is 8.78 Å². The number of hydrogen-bond donors (Lipinski definition) is 0. The molecule has 0 fully saturated rings. The zero-order valence-electron chi connectivity index (χ0n) is 46.5. The van der Waals surface area contributed by atoms with Crippen LogP contribution in [-0.4, -0.2) is 50.3 Å². The van der Waals surface area contributed by atoms with Crippen LogP contribution in [0.1, 0.15) is 240 Å². The molecule has 422 valence electrons. The average molecular weight is 1060 g/mol. The van der Waals surface area contributed by atoms with Gasteiger partial charge in [0.1, 0.15) is 11.5 Å². The van der Waals surface area contributed by atoms with E-state index in [-0.39, 0.29) is 23.1 Å². The Morgan fingerprint density at radius 1 is 0.355 bits per heavy atom. The van der Waals surface area contributed by atoms with Crippen LogP contribution in [0.15, 0.2) is 85.0 Å². The number of unbranched alkanes of at least 4 members (excludes halogenated alkanes) is 30. The van der Waals surface area contributed by atoms with Crippen molar-refractivity contribution in [3.63, 3.8) is 0 Å². The lowest BCUT2D eigenvalue weighted by Gasteiger charge is -2.11. The summed E-state index contributed by atoms with van der Waals surface area (Å²) in [5.41, 5.74) is 1.18. The van der Waals surface area contributed by atoms with E-state index in [1.54, 1.807) is 38.1 Å². The minimum atomic E-state index is -1.07. The van der Waals surface area contributed by atoms with Gasteiger partial charge in [-0.2, -0.15) is 0 Å². The maximum Gasteiger partial charge on any atom is 0.343 e. The molecule has 0 aromatic heterocycles. The molecule has 0 saturated heterocycles. The Morgan fingerprint density at radius 2 is 0.579 bits per heavy atom. The Labute approximate surface area is 455 Å². The van der Waals surface area contributed by atoms with Crippen molar-refractivity contribution in [2.75, 3.05) is 26.4 Å². The molecule has 0 aliphatic carbocycles. The summed E-state index contributed by atoms with van der Waals surface area (Å²) in [7, 11) is 0. The summed E-state index contributed by atoms with van der Waals surface area (Å²) in [5.74, 6) is -4.54. The van der Waals surface area contributed by atoms with Gasteiger partial charge in [0, 0.05) is 23.3 Å². The van der Waals surface area contributed by atoms with E-state index in [4.69, 9.17) is 28.4 Å². The van der Waals surface area contributed by atoms with E-state index >= 15 is 8.78 Å². The second-order valence-electron chi connectivity index (χ2n) is 20.4. The molecule has 10 nitrogen and oxygen atoms in total. The highest BCUT2D eigenvalue weighted by molar-refractivity contribution is 5.92. The molecule has 0 spiro atoms. The molecule has 0 amide bonds. The topological polar surface area (TPSA) is 124 Å². The van der Waals surface area contributed by atoms with E-state index in [1.165, 1.54) is 178 Å². The van der Waals surface area contributed by atoms with Crippen molar-refractivity contribution >= 4 is 23.9 Å². The normalized spacial score (nSPS) is 11.0. The van der Waals surface area contributed by atoms with Gasteiger partial charge in [0.15, 0.2) is 23.1 Å². The van der Waals surface area contributed by atoms with Gasteiger partial charge in [-0.1, -0.05) is 193 Å². The number of hydrogen-bond acceptors (Lipinski definition) is 10. The highest BCUT2D eigenvalue weighted by atomic mass is 19.1. The predicted molar refractivity (Wildman–Crippen MR) is 299 cm³/mol. The minimum absolute atomic E-state index is 0.136. The molecule has 0 N–H and O–H groups in total. The van der Waals surface area contributed by atoms with Crippen LogP contribution in [0.3, 0.4) is 0 Å². The maximum atomic E-state index is 15.0. The summed E-state index contributed by atoms with van der Waals surface area (Å²) in [4.78, 5) is 48.3. The van der Waals surface area contributed by atoms with E-state index < -0.39 is 35.1 Å². The molecule has 76 heavy (non-hydrogen) atoms. The van der Waals surface area contributed by atoms with Crippen LogP contribution in [0.25, 0.3) is 0 Å². The molecule has 0 radical (unpaired) electrons. The van der Waals surface area contributed by atoms with Gasteiger partial charge in [-0.3, -0.25) is 0 Å². The summed E-state index contributed by atoms with van der Waals surface area (Å²) < 4.78 is 62.3. The number of rotatable bonds is 46. The summed E-state index contributed by atoms with van der Waals surface area (Å²) in [6.45, 7) is 12.6. The molecule has 0 aliphatic heterocycles. The second kappa shape index (κ2) is 41.6. The van der Waals surface area contributed by atoms with Crippen molar-refractivity contribution in [2.24, 2.45) is 0 Å². The molecular weight excluding hydrogens is 967 g/mol. The number of benzene rings is 3. The van der Waals surface area contributed by atoms with Crippen molar-refractivity contribution in [3.05, 3.63) is 108 Å². The summed E-state index contributed by atoms with van der Waals surface area (Å²) in [6.07, 6.45) is 38.5. The third-order valence-electron chi connectivity index (χ3n) is 13.3. The van der Waals surface area contributed by atoms with E-state index in [9.17, 15) is 19.2 Å². The van der Waals surface area contributed by atoms with Crippen LogP contribution in [-0.2, 0) is 19.1 Å². The molecule has 0 unspecified atom stereocenters. The van der Waals surface area contributed by atoms with Gasteiger partial charge in [-0.25, -0.2) is 28.0 Å². The maximum absolute atomic E-state index is 15.0. The number of halogens is 2. The molecule has 3 aromatic rings. The fourth-order valence-electron chi connectivity index (χ4n) is 8.67. The number of carbonyl (C=O) groups is 4. The van der Waals surface area contributed by atoms with Crippen molar-refractivity contribution in [3.8, 4) is 23.0 Å². The van der Waals surface area contributed by atoms with E-state index in [1.807, 2.05) is 0 Å². The zero-order valence-corrected chi connectivity index (χ0v) is 46.5. The quantitative estimate of drug-likeness (QED) is 0.0234. The minimum Gasteiger partial charge on any atom is -0.494 e. The van der Waals surface area contributed by atoms with Crippen molar-refractivity contribution in [1.82, 2.24) is 0 Å². The first-order valence-electron chi connectivity index (χ1n) is 29.0.